The van der Waals surface area contributed by atoms with E-state index in [1.54, 1.807) is 37.4 Å². The molecule has 0 fully saturated rings. The zero-order valence-corrected chi connectivity index (χ0v) is 17.9. The van der Waals surface area contributed by atoms with Crippen LogP contribution in [0.3, 0.4) is 0 Å². The molecule has 0 radical (unpaired) electrons. The molecule has 30 heavy (non-hydrogen) atoms. The standard InChI is InChI=1S/C23H28N2O5/c1-15(2)9-10-25-13-16-11-17(5-8-20(16)30-14-22(25)26)24-23(27)19-7-6-18(28-3)12-21(19)29-4/h5-8,11-12,15H,9-10,13-14H2,1-4H3,(H,24,27). The lowest BCUT2D eigenvalue weighted by atomic mass is 10.1. The van der Waals surface area contributed by atoms with E-state index in [-0.39, 0.29) is 18.4 Å². The number of ether oxygens (including phenoxy) is 3. The largest absolute Gasteiger partial charge is 0.497 e. The van der Waals surface area contributed by atoms with Crippen molar-refractivity contribution in [2.45, 2.75) is 26.8 Å². The Labute approximate surface area is 176 Å². The van der Waals surface area contributed by atoms with Crippen molar-refractivity contribution in [1.29, 1.82) is 0 Å². The lowest BCUT2D eigenvalue weighted by molar-refractivity contribution is -0.133. The maximum atomic E-state index is 12.8. The molecule has 0 unspecified atom stereocenters. The van der Waals surface area contributed by atoms with Gasteiger partial charge < -0.3 is 24.4 Å². The third-order valence-corrected chi connectivity index (χ3v) is 5.01. The molecule has 0 saturated heterocycles. The summed E-state index contributed by atoms with van der Waals surface area (Å²) < 4.78 is 16.2. The van der Waals surface area contributed by atoms with Crippen LogP contribution in [-0.4, -0.2) is 44.1 Å². The number of carbonyl (C=O) groups excluding carboxylic acids is 2. The lowest BCUT2D eigenvalue weighted by Gasteiger charge is -2.21. The van der Waals surface area contributed by atoms with Gasteiger partial charge in [-0.05, 0) is 42.7 Å². The fourth-order valence-electron chi connectivity index (χ4n) is 3.25. The molecule has 0 aliphatic carbocycles. The maximum absolute atomic E-state index is 12.8. The molecule has 3 rings (SSSR count). The molecule has 1 N–H and O–H groups in total. The number of anilines is 1. The number of nitrogens with zero attached hydrogens (tertiary/aromatic N) is 1. The Morgan fingerprint density at radius 1 is 1.17 bits per heavy atom. The molecule has 1 aliphatic rings. The normalized spacial score (nSPS) is 13.4. The van der Waals surface area contributed by atoms with Gasteiger partial charge in [0.05, 0.1) is 19.8 Å². The third-order valence-electron chi connectivity index (χ3n) is 5.01. The fourth-order valence-corrected chi connectivity index (χ4v) is 3.25. The molecule has 1 heterocycles. The first-order chi connectivity index (χ1) is 14.4. The van der Waals surface area contributed by atoms with Gasteiger partial charge in [0.15, 0.2) is 6.61 Å². The fraction of sp³-hybridized carbons (Fsp3) is 0.391. The molecule has 2 aromatic carbocycles. The molecule has 1 aliphatic heterocycles. The summed E-state index contributed by atoms with van der Waals surface area (Å²) in [5.41, 5.74) is 1.89. The number of hydrogen-bond donors (Lipinski definition) is 1. The van der Waals surface area contributed by atoms with Crippen LogP contribution in [0, 0.1) is 5.92 Å². The smallest absolute Gasteiger partial charge is 0.260 e. The molecule has 7 nitrogen and oxygen atoms in total. The van der Waals surface area contributed by atoms with E-state index in [9.17, 15) is 9.59 Å². The Morgan fingerprint density at radius 3 is 2.67 bits per heavy atom. The summed E-state index contributed by atoms with van der Waals surface area (Å²) in [6.45, 7) is 5.43. The monoisotopic (exact) mass is 412 g/mol. The van der Waals surface area contributed by atoms with Gasteiger partial charge in [-0.1, -0.05) is 13.8 Å². The van der Waals surface area contributed by atoms with Crippen LogP contribution in [0.15, 0.2) is 36.4 Å². The first kappa shape index (κ1) is 21.5. The van der Waals surface area contributed by atoms with Crippen molar-refractivity contribution in [3.63, 3.8) is 0 Å². The van der Waals surface area contributed by atoms with Crippen molar-refractivity contribution in [1.82, 2.24) is 4.90 Å². The van der Waals surface area contributed by atoms with Gasteiger partial charge in [0.25, 0.3) is 11.8 Å². The van der Waals surface area contributed by atoms with Gasteiger partial charge >= 0.3 is 0 Å². The van der Waals surface area contributed by atoms with Crippen LogP contribution in [0.25, 0.3) is 0 Å². The molecule has 0 bridgehead atoms. The van der Waals surface area contributed by atoms with Gasteiger partial charge in [-0.3, -0.25) is 9.59 Å². The summed E-state index contributed by atoms with van der Waals surface area (Å²) in [7, 11) is 3.06. The number of carbonyl (C=O) groups is 2. The second-order valence-corrected chi connectivity index (χ2v) is 7.63. The molecule has 0 atom stereocenters. The average Bonchev–Trinajstić information content (AvgIpc) is 2.90. The topological polar surface area (TPSA) is 77.1 Å². The third kappa shape index (κ3) is 5.03. The molecule has 0 saturated carbocycles. The predicted molar refractivity (Wildman–Crippen MR) is 114 cm³/mol. The van der Waals surface area contributed by atoms with E-state index in [0.717, 1.165) is 12.0 Å². The molecular formula is C23H28N2O5. The molecule has 0 spiro atoms. The Balaban J connectivity index is 1.78. The van der Waals surface area contributed by atoms with Gasteiger partial charge in [-0.2, -0.15) is 0 Å². The Hall–Kier alpha value is -3.22. The highest BCUT2D eigenvalue weighted by Crippen LogP contribution is 2.29. The highest BCUT2D eigenvalue weighted by atomic mass is 16.5. The van der Waals surface area contributed by atoms with E-state index in [1.165, 1.54) is 7.11 Å². The first-order valence-electron chi connectivity index (χ1n) is 9.98. The van der Waals surface area contributed by atoms with Crippen LogP contribution in [0.4, 0.5) is 5.69 Å². The number of rotatable bonds is 7. The lowest BCUT2D eigenvalue weighted by Crippen LogP contribution is -2.33. The zero-order chi connectivity index (χ0) is 21.7. The van der Waals surface area contributed by atoms with Crippen LogP contribution in [0.2, 0.25) is 0 Å². The van der Waals surface area contributed by atoms with Crippen LogP contribution in [0.1, 0.15) is 36.2 Å². The number of methoxy groups -OCH3 is 2. The summed E-state index contributed by atoms with van der Waals surface area (Å²) in [6, 6.07) is 10.4. The van der Waals surface area contributed by atoms with Gasteiger partial charge in [0.2, 0.25) is 0 Å². The van der Waals surface area contributed by atoms with E-state index in [1.807, 2.05) is 11.0 Å². The molecule has 7 heteroatoms. The number of nitrogens with one attached hydrogen (secondary N) is 1. The average molecular weight is 412 g/mol. The Bertz CT molecular complexity index is 926. The minimum atomic E-state index is -0.295. The Morgan fingerprint density at radius 2 is 1.97 bits per heavy atom. The number of fused-ring (bicyclic) bond motifs is 1. The number of amides is 2. The van der Waals surface area contributed by atoms with Gasteiger partial charge in [-0.25, -0.2) is 0 Å². The summed E-state index contributed by atoms with van der Waals surface area (Å²) in [6.07, 6.45) is 0.925. The van der Waals surface area contributed by atoms with Crippen LogP contribution < -0.4 is 19.5 Å². The van der Waals surface area contributed by atoms with Crippen LogP contribution in [-0.2, 0) is 11.3 Å². The van der Waals surface area contributed by atoms with E-state index >= 15 is 0 Å². The first-order valence-corrected chi connectivity index (χ1v) is 9.98. The van der Waals surface area contributed by atoms with Gasteiger partial charge in [0, 0.05) is 30.4 Å². The number of benzene rings is 2. The molecule has 0 aromatic heterocycles. The molecule has 2 amide bonds. The number of hydrogen-bond acceptors (Lipinski definition) is 5. The predicted octanol–water partition coefficient (Wildman–Crippen LogP) is 3.72. The van der Waals surface area contributed by atoms with Crippen molar-refractivity contribution < 1.29 is 23.8 Å². The molecule has 160 valence electrons. The zero-order valence-electron chi connectivity index (χ0n) is 17.9. The van der Waals surface area contributed by atoms with Crippen molar-refractivity contribution >= 4 is 17.5 Å². The van der Waals surface area contributed by atoms with Gasteiger partial charge in [0.1, 0.15) is 17.2 Å². The minimum Gasteiger partial charge on any atom is -0.497 e. The summed E-state index contributed by atoms with van der Waals surface area (Å²) >= 11 is 0. The quantitative estimate of drug-likeness (QED) is 0.750. The summed E-state index contributed by atoms with van der Waals surface area (Å²) in [4.78, 5) is 27.0. The van der Waals surface area contributed by atoms with Crippen molar-refractivity contribution in [3.05, 3.63) is 47.5 Å². The van der Waals surface area contributed by atoms with Gasteiger partial charge in [-0.15, -0.1) is 0 Å². The highest BCUT2D eigenvalue weighted by Gasteiger charge is 2.22. The SMILES string of the molecule is COc1ccc(C(=O)Nc2ccc3c(c2)CN(CCC(C)C)C(=O)CO3)c(OC)c1. The molecule has 2 aromatic rings. The maximum Gasteiger partial charge on any atom is 0.260 e. The van der Waals surface area contributed by atoms with E-state index < -0.39 is 0 Å². The van der Waals surface area contributed by atoms with Crippen molar-refractivity contribution in [3.8, 4) is 17.2 Å². The van der Waals surface area contributed by atoms with Crippen molar-refractivity contribution in [2.24, 2.45) is 5.92 Å². The van der Waals surface area contributed by atoms with E-state index in [0.29, 0.717) is 47.5 Å². The summed E-state index contributed by atoms with van der Waals surface area (Å²) in [5, 5.41) is 2.90. The van der Waals surface area contributed by atoms with E-state index in [2.05, 4.69) is 19.2 Å². The van der Waals surface area contributed by atoms with E-state index in [4.69, 9.17) is 14.2 Å². The second-order valence-electron chi connectivity index (χ2n) is 7.63. The minimum absolute atomic E-state index is 0.0274. The van der Waals surface area contributed by atoms with Crippen LogP contribution in [0.5, 0.6) is 17.2 Å². The second kappa shape index (κ2) is 9.52. The highest BCUT2D eigenvalue weighted by molar-refractivity contribution is 6.06. The summed E-state index contributed by atoms with van der Waals surface area (Å²) in [5.74, 6) is 1.88. The van der Waals surface area contributed by atoms with Crippen LogP contribution >= 0.6 is 0 Å². The van der Waals surface area contributed by atoms with Crippen molar-refractivity contribution in [2.75, 3.05) is 32.7 Å². The molecular weight excluding hydrogens is 384 g/mol. The Kier molecular flexibility index (Phi) is 6.82.